The lowest BCUT2D eigenvalue weighted by Gasteiger charge is -2.41. The monoisotopic (exact) mass is 257 g/mol. The number of benzene rings is 1. The minimum Gasteiger partial charge on any atom is -0.387 e. The van der Waals surface area contributed by atoms with Gasteiger partial charge in [0.05, 0.1) is 5.84 Å². The second-order valence-electron chi connectivity index (χ2n) is 6.37. The molecule has 3 N–H and O–H groups in total. The van der Waals surface area contributed by atoms with Gasteiger partial charge in [-0.1, -0.05) is 31.2 Å². The standard InChI is InChI=1S/C16H23N3/c1-16(15(17)18)6-8-19(9-7-16)11-13-10-12-4-2-3-5-14(12)13/h2-5,13H,6-11H2,1H3,(H3,17,18). The Morgan fingerprint density at radius 3 is 2.68 bits per heavy atom. The Morgan fingerprint density at radius 1 is 1.37 bits per heavy atom. The first-order chi connectivity index (χ1) is 9.08. The van der Waals surface area contributed by atoms with Crippen molar-refractivity contribution in [3.63, 3.8) is 0 Å². The number of hydrogen-bond donors (Lipinski definition) is 2. The van der Waals surface area contributed by atoms with Gasteiger partial charge in [-0.2, -0.15) is 0 Å². The van der Waals surface area contributed by atoms with Crippen LogP contribution in [-0.4, -0.2) is 30.4 Å². The Balaban J connectivity index is 1.56. The topological polar surface area (TPSA) is 53.1 Å². The second kappa shape index (κ2) is 4.64. The largest absolute Gasteiger partial charge is 0.387 e. The maximum Gasteiger partial charge on any atom is 0.0966 e. The second-order valence-corrected chi connectivity index (χ2v) is 6.37. The van der Waals surface area contributed by atoms with E-state index in [9.17, 15) is 0 Å². The van der Waals surface area contributed by atoms with E-state index in [2.05, 4.69) is 36.1 Å². The van der Waals surface area contributed by atoms with Crippen molar-refractivity contribution >= 4 is 5.84 Å². The molecule has 1 aromatic carbocycles. The molecule has 3 rings (SSSR count). The molecule has 0 bridgehead atoms. The molecule has 102 valence electrons. The van der Waals surface area contributed by atoms with Crippen LogP contribution in [0.25, 0.3) is 0 Å². The normalized spacial score (nSPS) is 25.4. The fraction of sp³-hybridized carbons (Fsp3) is 0.562. The maximum atomic E-state index is 7.70. The van der Waals surface area contributed by atoms with Crippen LogP contribution in [0.5, 0.6) is 0 Å². The number of nitrogens with one attached hydrogen (secondary N) is 1. The zero-order valence-electron chi connectivity index (χ0n) is 11.7. The summed E-state index contributed by atoms with van der Waals surface area (Å²) in [4.78, 5) is 2.55. The predicted octanol–water partition coefficient (Wildman–Crippen LogP) is 2.36. The lowest BCUT2D eigenvalue weighted by Crippen LogP contribution is -2.46. The first-order valence-electron chi connectivity index (χ1n) is 7.23. The smallest absolute Gasteiger partial charge is 0.0966 e. The number of likely N-dealkylation sites (tertiary alicyclic amines) is 1. The fourth-order valence-electron chi connectivity index (χ4n) is 3.34. The van der Waals surface area contributed by atoms with E-state index in [1.807, 2.05) is 0 Å². The van der Waals surface area contributed by atoms with Gasteiger partial charge in [-0.05, 0) is 43.5 Å². The maximum absolute atomic E-state index is 7.70. The predicted molar refractivity (Wildman–Crippen MR) is 78.6 cm³/mol. The summed E-state index contributed by atoms with van der Waals surface area (Å²) in [7, 11) is 0. The van der Waals surface area contributed by atoms with E-state index < -0.39 is 0 Å². The van der Waals surface area contributed by atoms with Gasteiger partial charge in [0.2, 0.25) is 0 Å². The van der Waals surface area contributed by atoms with E-state index in [-0.39, 0.29) is 5.41 Å². The zero-order valence-corrected chi connectivity index (χ0v) is 11.7. The summed E-state index contributed by atoms with van der Waals surface area (Å²) in [6.45, 7) is 5.46. The van der Waals surface area contributed by atoms with Crippen LogP contribution in [0.1, 0.15) is 36.8 Å². The first kappa shape index (κ1) is 12.7. The van der Waals surface area contributed by atoms with Crippen LogP contribution in [0.15, 0.2) is 24.3 Å². The van der Waals surface area contributed by atoms with Gasteiger partial charge in [-0.3, -0.25) is 5.41 Å². The summed E-state index contributed by atoms with van der Waals surface area (Å²) >= 11 is 0. The third-order valence-corrected chi connectivity index (χ3v) is 5.05. The van der Waals surface area contributed by atoms with Crippen molar-refractivity contribution in [3.8, 4) is 0 Å². The van der Waals surface area contributed by atoms with Crippen molar-refractivity contribution in [2.45, 2.75) is 32.1 Å². The van der Waals surface area contributed by atoms with Crippen LogP contribution in [0.2, 0.25) is 0 Å². The Morgan fingerprint density at radius 2 is 2.05 bits per heavy atom. The van der Waals surface area contributed by atoms with Gasteiger partial charge in [-0.15, -0.1) is 0 Å². The Hall–Kier alpha value is -1.35. The van der Waals surface area contributed by atoms with Crippen molar-refractivity contribution in [3.05, 3.63) is 35.4 Å². The zero-order chi connectivity index (χ0) is 13.5. The van der Waals surface area contributed by atoms with Crippen LogP contribution in [0.3, 0.4) is 0 Å². The third kappa shape index (κ3) is 2.27. The summed E-state index contributed by atoms with van der Waals surface area (Å²) in [5, 5.41) is 7.70. The van der Waals surface area contributed by atoms with Gasteiger partial charge >= 0.3 is 0 Å². The fourth-order valence-corrected chi connectivity index (χ4v) is 3.34. The molecule has 1 atom stereocenters. The number of rotatable bonds is 3. The number of piperidine rings is 1. The van der Waals surface area contributed by atoms with Crippen LogP contribution in [0.4, 0.5) is 0 Å². The molecule has 1 aromatic rings. The summed E-state index contributed by atoms with van der Waals surface area (Å²) < 4.78 is 0. The Labute approximate surface area is 115 Å². The molecule has 1 heterocycles. The molecule has 0 saturated carbocycles. The first-order valence-corrected chi connectivity index (χ1v) is 7.23. The summed E-state index contributed by atoms with van der Waals surface area (Å²) in [5.74, 6) is 1.08. The highest BCUT2D eigenvalue weighted by Crippen LogP contribution is 2.37. The van der Waals surface area contributed by atoms with Gasteiger partial charge in [-0.25, -0.2) is 0 Å². The minimum absolute atomic E-state index is 0.0615. The van der Waals surface area contributed by atoms with Crippen molar-refractivity contribution in [1.29, 1.82) is 5.41 Å². The molecule has 0 amide bonds. The molecule has 1 unspecified atom stereocenters. The molecule has 3 nitrogen and oxygen atoms in total. The van der Waals surface area contributed by atoms with E-state index in [0.29, 0.717) is 5.84 Å². The van der Waals surface area contributed by atoms with Gasteiger partial charge in [0.1, 0.15) is 0 Å². The third-order valence-electron chi connectivity index (χ3n) is 5.05. The SMILES string of the molecule is CC1(C(=N)N)CCN(CC2Cc3ccccc32)CC1. The van der Waals surface area contributed by atoms with Gasteiger partial charge < -0.3 is 10.6 Å². The molecule has 1 aliphatic carbocycles. The van der Waals surface area contributed by atoms with E-state index in [1.165, 1.54) is 18.5 Å². The molecule has 19 heavy (non-hydrogen) atoms. The molecule has 1 fully saturated rings. The summed E-state index contributed by atoms with van der Waals surface area (Å²) in [5.41, 5.74) is 8.72. The van der Waals surface area contributed by atoms with Gasteiger partial charge in [0, 0.05) is 17.9 Å². The van der Waals surface area contributed by atoms with Gasteiger partial charge in [0.15, 0.2) is 0 Å². The highest BCUT2D eigenvalue weighted by molar-refractivity contribution is 5.83. The highest BCUT2D eigenvalue weighted by Gasteiger charge is 2.35. The molecule has 0 aromatic heterocycles. The average molecular weight is 257 g/mol. The van der Waals surface area contributed by atoms with Crippen molar-refractivity contribution in [1.82, 2.24) is 4.90 Å². The van der Waals surface area contributed by atoms with Crippen molar-refractivity contribution < 1.29 is 0 Å². The van der Waals surface area contributed by atoms with Crippen LogP contribution >= 0.6 is 0 Å². The number of fused-ring (bicyclic) bond motifs is 1. The molecule has 1 aliphatic heterocycles. The quantitative estimate of drug-likeness (QED) is 0.645. The molecule has 0 spiro atoms. The number of amidine groups is 1. The number of nitrogens with two attached hydrogens (primary N) is 1. The van der Waals surface area contributed by atoms with Gasteiger partial charge in [0.25, 0.3) is 0 Å². The van der Waals surface area contributed by atoms with E-state index in [0.717, 1.165) is 31.8 Å². The summed E-state index contributed by atoms with van der Waals surface area (Å²) in [6.07, 6.45) is 3.28. The molecular weight excluding hydrogens is 234 g/mol. The highest BCUT2D eigenvalue weighted by atomic mass is 15.1. The van der Waals surface area contributed by atoms with E-state index in [1.54, 1.807) is 5.56 Å². The Kier molecular flexibility index (Phi) is 3.09. The Bertz CT molecular complexity index is 487. The van der Waals surface area contributed by atoms with Crippen LogP contribution in [-0.2, 0) is 6.42 Å². The lowest BCUT2D eigenvalue weighted by atomic mass is 9.76. The van der Waals surface area contributed by atoms with E-state index in [4.69, 9.17) is 11.1 Å². The molecule has 0 radical (unpaired) electrons. The number of nitrogens with zero attached hydrogens (tertiary/aromatic N) is 1. The molecular formula is C16H23N3. The average Bonchev–Trinajstić information content (AvgIpc) is 2.38. The van der Waals surface area contributed by atoms with Crippen LogP contribution < -0.4 is 5.73 Å². The molecule has 1 saturated heterocycles. The molecule has 3 heteroatoms. The number of hydrogen-bond acceptors (Lipinski definition) is 2. The minimum atomic E-state index is -0.0615. The van der Waals surface area contributed by atoms with E-state index >= 15 is 0 Å². The summed E-state index contributed by atoms with van der Waals surface area (Å²) in [6, 6.07) is 8.80. The lowest BCUT2D eigenvalue weighted by molar-refractivity contribution is 0.151. The van der Waals surface area contributed by atoms with Crippen LogP contribution in [0, 0.1) is 10.8 Å². The molecule has 2 aliphatic rings. The van der Waals surface area contributed by atoms with Crippen molar-refractivity contribution in [2.75, 3.05) is 19.6 Å². The van der Waals surface area contributed by atoms with Crippen molar-refractivity contribution in [2.24, 2.45) is 11.1 Å².